The molecule has 20 heavy (non-hydrogen) atoms. The summed E-state index contributed by atoms with van der Waals surface area (Å²) in [5.41, 5.74) is 3.91. The van der Waals surface area contributed by atoms with Crippen molar-refractivity contribution in [2.75, 3.05) is 18.9 Å². The highest BCUT2D eigenvalue weighted by atomic mass is 16.1. The Bertz CT molecular complexity index is 582. The predicted octanol–water partition coefficient (Wildman–Crippen LogP) is 2.40. The lowest BCUT2D eigenvalue weighted by molar-refractivity contribution is 0.0954. The van der Waals surface area contributed by atoms with Crippen molar-refractivity contribution in [1.29, 1.82) is 0 Å². The third-order valence-corrected chi connectivity index (χ3v) is 3.18. The van der Waals surface area contributed by atoms with Crippen molar-refractivity contribution >= 4 is 11.6 Å². The number of hydrogen-bond acceptors (Lipinski definition) is 3. The zero-order valence-corrected chi connectivity index (χ0v) is 11.8. The molecule has 2 rings (SSSR count). The van der Waals surface area contributed by atoms with Gasteiger partial charge in [0.15, 0.2) is 0 Å². The minimum atomic E-state index is -0.0420. The Morgan fingerprint density at radius 2 is 2.15 bits per heavy atom. The maximum atomic E-state index is 12.0. The van der Waals surface area contributed by atoms with Crippen LogP contribution in [0.15, 0.2) is 42.7 Å². The number of rotatable bonds is 5. The average molecular weight is 269 g/mol. The Labute approximate surface area is 119 Å². The van der Waals surface area contributed by atoms with Gasteiger partial charge in [0, 0.05) is 37.2 Å². The van der Waals surface area contributed by atoms with Crippen LogP contribution >= 0.6 is 0 Å². The molecule has 0 bridgehead atoms. The minimum absolute atomic E-state index is 0.0420. The Balaban J connectivity index is 1.90. The maximum absolute atomic E-state index is 12.0. The molecule has 0 saturated carbocycles. The monoisotopic (exact) mass is 269 g/mol. The van der Waals surface area contributed by atoms with Gasteiger partial charge in [-0.15, -0.1) is 0 Å². The summed E-state index contributed by atoms with van der Waals surface area (Å²) in [5, 5.41) is 6.01. The molecule has 0 fully saturated rings. The minimum Gasteiger partial charge on any atom is -0.388 e. The molecule has 1 aromatic carbocycles. The van der Waals surface area contributed by atoms with Gasteiger partial charge >= 0.3 is 0 Å². The van der Waals surface area contributed by atoms with Crippen LogP contribution < -0.4 is 10.6 Å². The van der Waals surface area contributed by atoms with Gasteiger partial charge in [0.05, 0.1) is 0 Å². The van der Waals surface area contributed by atoms with Gasteiger partial charge in [0.2, 0.25) is 0 Å². The van der Waals surface area contributed by atoms with Gasteiger partial charge in [-0.25, -0.2) is 0 Å². The van der Waals surface area contributed by atoms with E-state index in [2.05, 4.69) is 15.6 Å². The van der Waals surface area contributed by atoms with Crippen molar-refractivity contribution in [3.63, 3.8) is 0 Å². The summed E-state index contributed by atoms with van der Waals surface area (Å²) >= 11 is 0. The number of aryl methyl sites for hydroxylation is 1. The van der Waals surface area contributed by atoms with Crippen molar-refractivity contribution in [1.82, 2.24) is 10.3 Å². The van der Waals surface area contributed by atoms with Crippen LogP contribution in [0.25, 0.3) is 0 Å². The molecule has 1 amide bonds. The molecule has 0 aliphatic rings. The number of carbonyl (C=O) groups is 1. The van der Waals surface area contributed by atoms with Gasteiger partial charge < -0.3 is 10.6 Å². The molecule has 1 aromatic heterocycles. The van der Waals surface area contributed by atoms with Crippen LogP contribution in [0, 0.1) is 6.92 Å². The molecule has 2 N–H and O–H groups in total. The highest BCUT2D eigenvalue weighted by Gasteiger charge is 2.06. The van der Waals surface area contributed by atoms with Crippen molar-refractivity contribution in [2.24, 2.45) is 0 Å². The van der Waals surface area contributed by atoms with E-state index in [1.165, 1.54) is 0 Å². The summed E-state index contributed by atoms with van der Waals surface area (Å²) in [7, 11) is 1.87. The molecule has 0 saturated heterocycles. The fourth-order valence-electron chi connectivity index (χ4n) is 2.05. The number of nitrogens with one attached hydrogen (secondary N) is 2. The molecular formula is C16H19N3O. The molecule has 0 aliphatic carbocycles. The lowest BCUT2D eigenvalue weighted by atomic mass is 10.1. The summed E-state index contributed by atoms with van der Waals surface area (Å²) in [4.78, 5) is 16.1. The lowest BCUT2D eigenvalue weighted by Gasteiger charge is -2.09. The predicted molar refractivity (Wildman–Crippen MR) is 81.0 cm³/mol. The number of aromatic nitrogens is 1. The van der Waals surface area contributed by atoms with Crippen LogP contribution in [-0.2, 0) is 6.42 Å². The Hall–Kier alpha value is -2.36. The molecule has 0 unspecified atom stereocenters. The second-order valence-electron chi connectivity index (χ2n) is 4.65. The zero-order valence-electron chi connectivity index (χ0n) is 11.8. The molecule has 0 aliphatic heterocycles. The third-order valence-electron chi connectivity index (χ3n) is 3.18. The van der Waals surface area contributed by atoms with Gasteiger partial charge in [-0.3, -0.25) is 9.78 Å². The SMILES string of the molecule is CNc1ccc(C(=O)NCCc2cccnc2)cc1C. The zero-order chi connectivity index (χ0) is 14.4. The summed E-state index contributed by atoms with van der Waals surface area (Å²) in [6.07, 6.45) is 4.35. The number of pyridine rings is 1. The smallest absolute Gasteiger partial charge is 0.251 e. The number of amides is 1. The summed E-state index contributed by atoms with van der Waals surface area (Å²) in [6, 6.07) is 9.55. The first-order valence-electron chi connectivity index (χ1n) is 6.66. The molecule has 1 heterocycles. The van der Waals surface area contributed by atoms with Crippen LogP contribution in [0.4, 0.5) is 5.69 Å². The standard InChI is InChI=1S/C16H19N3O/c1-12-10-14(5-6-15(12)17-2)16(20)19-9-7-13-4-3-8-18-11-13/h3-6,8,10-11,17H,7,9H2,1-2H3,(H,19,20). The van der Waals surface area contributed by atoms with Crippen LogP contribution in [0.5, 0.6) is 0 Å². The largest absolute Gasteiger partial charge is 0.388 e. The molecule has 2 aromatic rings. The normalized spacial score (nSPS) is 10.1. The van der Waals surface area contributed by atoms with E-state index in [9.17, 15) is 4.79 Å². The van der Waals surface area contributed by atoms with E-state index < -0.39 is 0 Å². The van der Waals surface area contributed by atoms with E-state index in [1.54, 1.807) is 6.20 Å². The van der Waals surface area contributed by atoms with E-state index in [0.29, 0.717) is 12.1 Å². The number of benzene rings is 1. The first kappa shape index (κ1) is 14.1. The number of nitrogens with zero attached hydrogens (tertiary/aromatic N) is 1. The summed E-state index contributed by atoms with van der Waals surface area (Å²) in [5.74, 6) is -0.0420. The van der Waals surface area contributed by atoms with Gasteiger partial charge in [0.25, 0.3) is 5.91 Å². The fraction of sp³-hybridized carbons (Fsp3) is 0.250. The van der Waals surface area contributed by atoms with E-state index in [-0.39, 0.29) is 5.91 Å². The molecule has 0 atom stereocenters. The summed E-state index contributed by atoms with van der Waals surface area (Å²) < 4.78 is 0. The number of anilines is 1. The third kappa shape index (κ3) is 3.57. The first-order chi connectivity index (χ1) is 9.70. The average Bonchev–Trinajstić information content (AvgIpc) is 2.48. The highest BCUT2D eigenvalue weighted by molar-refractivity contribution is 5.94. The quantitative estimate of drug-likeness (QED) is 0.876. The van der Waals surface area contributed by atoms with Gasteiger partial charge in [-0.05, 0) is 48.7 Å². The highest BCUT2D eigenvalue weighted by Crippen LogP contribution is 2.15. The molecule has 104 valence electrons. The van der Waals surface area contributed by atoms with Crippen molar-refractivity contribution in [2.45, 2.75) is 13.3 Å². The summed E-state index contributed by atoms with van der Waals surface area (Å²) in [6.45, 7) is 2.59. The Kier molecular flexibility index (Phi) is 4.71. The van der Waals surface area contributed by atoms with E-state index in [4.69, 9.17) is 0 Å². The van der Waals surface area contributed by atoms with Crippen LogP contribution in [0.1, 0.15) is 21.5 Å². The van der Waals surface area contributed by atoms with E-state index >= 15 is 0 Å². The topological polar surface area (TPSA) is 54.0 Å². The Morgan fingerprint density at radius 1 is 1.30 bits per heavy atom. The molecule has 0 spiro atoms. The Morgan fingerprint density at radius 3 is 2.80 bits per heavy atom. The van der Waals surface area contributed by atoms with Crippen molar-refractivity contribution < 1.29 is 4.79 Å². The van der Waals surface area contributed by atoms with Crippen LogP contribution in [0.2, 0.25) is 0 Å². The fourth-order valence-corrected chi connectivity index (χ4v) is 2.05. The second kappa shape index (κ2) is 6.70. The van der Waals surface area contributed by atoms with Crippen molar-refractivity contribution in [3.05, 3.63) is 59.4 Å². The van der Waals surface area contributed by atoms with Crippen molar-refractivity contribution in [3.8, 4) is 0 Å². The lowest BCUT2D eigenvalue weighted by Crippen LogP contribution is -2.25. The molecular weight excluding hydrogens is 250 g/mol. The van der Waals surface area contributed by atoms with Crippen LogP contribution in [0.3, 0.4) is 0 Å². The van der Waals surface area contributed by atoms with E-state index in [1.807, 2.05) is 50.5 Å². The van der Waals surface area contributed by atoms with Gasteiger partial charge in [-0.2, -0.15) is 0 Å². The molecule has 4 heteroatoms. The number of hydrogen-bond donors (Lipinski definition) is 2. The van der Waals surface area contributed by atoms with E-state index in [0.717, 1.165) is 23.2 Å². The maximum Gasteiger partial charge on any atom is 0.251 e. The second-order valence-corrected chi connectivity index (χ2v) is 4.65. The van der Waals surface area contributed by atoms with Gasteiger partial charge in [0.1, 0.15) is 0 Å². The van der Waals surface area contributed by atoms with Gasteiger partial charge in [-0.1, -0.05) is 6.07 Å². The first-order valence-corrected chi connectivity index (χ1v) is 6.66. The van der Waals surface area contributed by atoms with Crippen LogP contribution in [-0.4, -0.2) is 24.5 Å². The molecule has 4 nitrogen and oxygen atoms in total. The number of carbonyl (C=O) groups excluding carboxylic acids is 1. The molecule has 0 radical (unpaired) electrons.